The Labute approximate surface area is 129 Å². The molecule has 0 aromatic heterocycles. The predicted octanol–water partition coefficient (Wildman–Crippen LogP) is 2.09. The number of hydrogen-bond acceptors (Lipinski definition) is 6. The van der Waals surface area contributed by atoms with Gasteiger partial charge >= 0.3 is 5.97 Å². The molecule has 0 fully saturated rings. The van der Waals surface area contributed by atoms with Gasteiger partial charge in [0.25, 0.3) is 0 Å². The summed E-state index contributed by atoms with van der Waals surface area (Å²) in [5.74, 6) is 1.93. The van der Waals surface area contributed by atoms with E-state index in [1.165, 1.54) is 7.11 Å². The third kappa shape index (κ3) is 4.54. The molecule has 21 heavy (non-hydrogen) atoms. The normalized spacial score (nSPS) is 15.1. The Hall–Kier alpha value is -1.40. The monoisotopic (exact) mass is 311 g/mol. The highest BCUT2D eigenvalue weighted by atomic mass is 32.2. The van der Waals surface area contributed by atoms with Crippen LogP contribution in [-0.4, -0.2) is 44.6 Å². The van der Waals surface area contributed by atoms with Crippen molar-refractivity contribution in [3.05, 3.63) is 18.2 Å². The number of methoxy groups -OCH3 is 1. The van der Waals surface area contributed by atoms with Gasteiger partial charge in [-0.3, -0.25) is 4.79 Å². The van der Waals surface area contributed by atoms with Gasteiger partial charge in [-0.05, 0) is 24.7 Å². The van der Waals surface area contributed by atoms with Crippen LogP contribution in [-0.2, 0) is 9.53 Å². The molecule has 0 bridgehead atoms. The highest BCUT2D eigenvalue weighted by Crippen LogP contribution is 2.34. The van der Waals surface area contributed by atoms with Crippen LogP contribution in [0.1, 0.15) is 13.3 Å². The molecule has 0 aliphatic carbocycles. The first-order chi connectivity index (χ1) is 10.2. The van der Waals surface area contributed by atoms with Crippen LogP contribution >= 0.6 is 11.8 Å². The van der Waals surface area contributed by atoms with E-state index < -0.39 is 0 Å². The van der Waals surface area contributed by atoms with Crippen molar-refractivity contribution in [2.24, 2.45) is 0 Å². The molecule has 0 saturated carbocycles. The number of carbonyl (C=O) groups is 1. The van der Waals surface area contributed by atoms with E-state index in [1.54, 1.807) is 11.8 Å². The molecule has 0 amide bonds. The van der Waals surface area contributed by atoms with Crippen molar-refractivity contribution in [2.75, 3.05) is 32.6 Å². The maximum absolute atomic E-state index is 11.7. The fourth-order valence-corrected chi connectivity index (χ4v) is 2.98. The molecular weight excluding hydrogens is 290 g/mol. The molecule has 1 heterocycles. The highest BCUT2D eigenvalue weighted by Gasteiger charge is 2.18. The maximum Gasteiger partial charge on any atom is 0.323 e. The van der Waals surface area contributed by atoms with Crippen molar-refractivity contribution < 1.29 is 19.0 Å². The fourth-order valence-electron chi connectivity index (χ4n) is 2.01. The van der Waals surface area contributed by atoms with Crippen molar-refractivity contribution in [2.45, 2.75) is 24.3 Å². The van der Waals surface area contributed by atoms with E-state index in [1.807, 2.05) is 25.1 Å². The van der Waals surface area contributed by atoms with Crippen molar-refractivity contribution in [1.82, 2.24) is 5.32 Å². The summed E-state index contributed by atoms with van der Waals surface area (Å²) in [7, 11) is 1.41. The average Bonchev–Trinajstić information content (AvgIpc) is 2.75. The molecule has 2 rings (SSSR count). The van der Waals surface area contributed by atoms with Crippen molar-refractivity contribution in [3.8, 4) is 11.5 Å². The lowest BCUT2D eigenvalue weighted by molar-refractivity contribution is -0.142. The van der Waals surface area contributed by atoms with Gasteiger partial charge in [0.05, 0.1) is 20.3 Å². The second-order valence-electron chi connectivity index (χ2n) is 4.60. The van der Waals surface area contributed by atoms with Crippen LogP contribution < -0.4 is 14.8 Å². The molecular formula is C15H21NO4S. The second-order valence-corrected chi connectivity index (χ2v) is 5.70. The minimum atomic E-state index is -0.305. The number of nitrogens with one attached hydrogen (secondary N) is 1. The SMILES string of the molecule is CCNC(CSc1ccc2c(c1)OCCCO2)C(=O)OC. The third-order valence-electron chi connectivity index (χ3n) is 3.07. The van der Waals surface area contributed by atoms with Gasteiger partial charge in [0.1, 0.15) is 6.04 Å². The summed E-state index contributed by atoms with van der Waals surface area (Å²) >= 11 is 1.59. The third-order valence-corrected chi connectivity index (χ3v) is 4.16. The summed E-state index contributed by atoms with van der Waals surface area (Å²) in [5.41, 5.74) is 0. The minimum absolute atomic E-state index is 0.237. The van der Waals surface area contributed by atoms with Gasteiger partial charge in [-0.1, -0.05) is 6.92 Å². The van der Waals surface area contributed by atoms with Crippen molar-refractivity contribution >= 4 is 17.7 Å². The molecule has 1 atom stereocenters. The van der Waals surface area contributed by atoms with E-state index in [2.05, 4.69) is 5.32 Å². The van der Waals surface area contributed by atoms with Gasteiger partial charge in [-0.2, -0.15) is 0 Å². The van der Waals surface area contributed by atoms with Crippen LogP contribution in [0.15, 0.2) is 23.1 Å². The zero-order chi connectivity index (χ0) is 15.1. The zero-order valence-corrected chi connectivity index (χ0v) is 13.2. The van der Waals surface area contributed by atoms with Crippen molar-refractivity contribution in [1.29, 1.82) is 0 Å². The summed E-state index contributed by atoms with van der Waals surface area (Å²) in [4.78, 5) is 12.7. The van der Waals surface area contributed by atoms with Crippen LogP contribution in [0.3, 0.4) is 0 Å². The Kier molecular flexibility index (Phi) is 6.20. The average molecular weight is 311 g/mol. The predicted molar refractivity (Wildman–Crippen MR) is 82.3 cm³/mol. The molecule has 1 aliphatic rings. The summed E-state index contributed by atoms with van der Waals surface area (Å²) in [6.45, 7) is 4.04. The summed E-state index contributed by atoms with van der Waals surface area (Å²) in [5, 5.41) is 3.12. The molecule has 5 nitrogen and oxygen atoms in total. The Bertz CT molecular complexity index is 481. The zero-order valence-electron chi connectivity index (χ0n) is 12.4. The first kappa shape index (κ1) is 16.0. The first-order valence-electron chi connectivity index (χ1n) is 7.08. The van der Waals surface area contributed by atoms with Gasteiger partial charge in [-0.15, -0.1) is 11.8 Å². The molecule has 6 heteroatoms. The number of ether oxygens (including phenoxy) is 3. The summed E-state index contributed by atoms with van der Waals surface area (Å²) in [6, 6.07) is 5.56. The van der Waals surface area contributed by atoms with E-state index in [9.17, 15) is 4.79 Å². The van der Waals surface area contributed by atoms with Gasteiger partial charge in [-0.25, -0.2) is 0 Å². The Morgan fingerprint density at radius 1 is 1.38 bits per heavy atom. The van der Waals surface area contributed by atoms with Crippen LogP contribution in [0.2, 0.25) is 0 Å². The number of hydrogen-bond donors (Lipinski definition) is 1. The van der Waals surface area contributed by atoms with E-state index >= 15 is 0 Å². The lowest BCUT2D eigenvalue weighted by atomic mass is 10.3. The quantitative estimate of drug-likeness (QED) is 0.641. The molecule has 1 unspecified atom stereocenters. The number of fused-ring (bicyclic) bond motifs is 1. The van der Waals surface area contributed by atoms with Crippen LogP contribution in [0, 0.1) is 0 Å². The minimum Gasteiger partial charge on any atom is -0.490 e. The molecule has 1 N–H and O–H groups in total. The molecule has 0 spiro atoms. The molecule has 116 valence electrons. The molecule has 1 aromatic carbocycles. The van der Waals surface area contributed by atoms with Gasteiger partial charge in [0, 0.05) is 17.1 Å². The second kappa shape index (κ2) is 8.14. The van der Waals surface area contributed by atoms with Crippen molar-refractivity contribution in [3.63, 3.8) is 0 Å². The summed E-state index contributed by atoms with van der Waals surface area (Å²) < 4.78 is 16.1. The van der Waals surface area contributed by atoms with Crippen LogP contribution in [0.25, 0.3) is 0 Å². The van der Waals surface area contributed by atoms with Gasteiger partial charge < -0.3 is 19.5 Å². The maximum atomic E-state index is 11.7. The van der Waals surface area contributed by atoms with E-state index in [0.717, 1.165) is 29.4 Å². The van der Waals surface area contributed by atoms with E-state index in [0.29, 0.717) is 19.0 Å². The Morgan fingerprint density at radius 3 is 2.86 bits per heavy atom. The number of benzene rings is 1. The molecule has 0 radical (unpaired) electrons. The lowest BCUT2D eigenvalue weighted by Crippen LogP contribution is -2.39. The standard InChI is InChI=1S/C15H21NO4S/c1-3-16-12(15(17)18-2)10-21-11-5-6-13-14(9-11)20-8-4-7-19-13/h5-6,9,12,16H,3-4,7-8,10H2,1-2H3. The topological polar surface area (TPSA) is 56.8 Å². The smallest absolute Gasteiger partial charge is 0.323 e. The molecule has 1 aliphatic heterocycles. The van der Waals surface area contributed by atoms with E-state index in [-0.39, 0.29) is 12.0 Å². The van der Waals surface area contributed by atoms with Crippen LogP contribution in [0.5, 0.6) is 11.5 Å². The molecule has 1 aromatic rings. The Morgan fingerprint density at radius 2 is 2.14 bits per heavy atom. The number of esters is 1. The number of thioether (sulfide) groups is 1. The highest BCUT2D eigenvalue weighted by molar-refractivity contribution is 7.99. The number of carbonyl (C=O) groups excluding carboxylic acids is 1. The van der Waals surface area contributed by atoms with Crippen LogP contribution in [0.4, 0.5) is 0 Å². The first-order valence-corrected chi connectivity index (χ1v) is 8.06. The Balaban J connectivity index is 1.99. The summed E-state index contributed by atoms with van der Waals surface area (Å²) in [6.07, 6.45) is 0.891. The lowest BCUT2D eigenvalue weighted by Gasteiger charge is -2.15. The number of rotatable bonds is 6. The fraction of sp³-hybridized carbons (Fsp3) is 0.533. The van der Waals surface area contributed by atoms with E-state index in [4.69, 9.17) is 14.2 Å². The number of likely N-dealkylation sites (N-methyl/N-ethyl adjacent to an activating group) is 1. The largest absolute Gasteiger partial charge is 0.490 e. The molecule has 0 saturated heterocycles. The van der Waals surface area contributed by atoms with Gasteiger partial charge in [0.15, 0.2) is 11.5 Å². The van der Waals surface area contributed by atoms with Gasteiger partial charge in [0.2, 0.25) is 0 Å².